The topological polar surface area (TPSA) is 118 Å². The Hall–Kier alpha value is -2.88. The molecule has 0 aliphatic heterocycles. The number of pyridine rings is 1. The van der Waals surface area contributed by atoms with E-state index in [-0.39, 0.29) is 11.5 Å². The van der Waals surface area contributed by atoms with Gasteiger partial charge in [-0.05, 0) is 31.2 Å². The maximum Gasteiger partial charge on any atom is 0.356 e. The van der Waals surface area contributed by atoms with Crippen molar-refractivity contribution in [2.75, 3.05) is 12.8 Å². The number of aryl methyl sites for hydroxylation is 1. The number of carbonyl (C=O) groups is 1. The van der Waals surface area contributed by atoms with E-state index in [9.17, 15) is 10.1 Å². The first kappa shape index (κ1) is 16.0. The molecule has 1 aliphatic rings. The number of fused-ring (bicyclic) bond motifs is 1. The molecule has 2 aromatic rings. The van der Waals surface area contributed by atoms with Crippen molar-refractivity contribution < 1.29 is 9.53 Å². The van der Waals surface area contributed by atoms with Gasteiger partial charge in [0.1, 0.15) is 17.5 Å². The van der Waals surface area contributed by atoms with Gasteiger partial charge < -0.3 is 10.5 Å². The molecule has 24 heavy (non-hydrogen) atoms. The zero-order valence-electron chi connectivity index (χ0n) is 13.6. The number of methoxy groups -OCH3 is 1. The molecule has 2 heterocycles. The number of nitrogens with zero attached hydrogens (tertiary/aromatic N) is 3. The monoisotopic (exact) mass is 325 g/mol. The Morgan fingerprint density at radius 2 is 2.08 bits per heavy atom. The summed E-state index contributed by atoms with van der Waals surface area (Å²) in [6, 6.07) is 2.14. The number of hydrogen-bond donors (Lipinski definition) is 2. The molecule has 0 fully saturated rings. The fourth-order valence-electron chi connectivity index (χ4n) is 3.26. The largest absolute Gasteiger partial charge is 0.464 e. The van der Waals surface area contributed by atoms with E-state index < -0.39 is 5.97 Å². The molecular weight excluding hydrogens is 306 g/mol. The lowest BCUT2D eigenvalue weighted by Gasteiger charge is -2.19. The Morgan fingerprint density at radius 1 is 1.33 bits per heavy atom. The van der Waals surface area contributed by atoms with Gasteiger partial charge in [-0.15, -0.1) is 0 Å². The average Bonchev–Trinajstić information content (AvgIpc) is 3.04. The maximum absolute atomic E-state index is 12.0. The van der Waals surface area contributed by atoms with Crippen molar-refractivity contribution in [3.63, 3.8) is 0 Å². The minimum absolute atomic E-state index is 0.198. The molecule has 2 aromatic heterocycles. The molecule has 0 saturated carbocycles. The van der Waals surface area contributed by atoms with Crippen LogP contribution in [0.2, 0.25) is 0 Å². The van der Waals surface area contributed by atoms with Crippen LogP contribution in [-0.4, -0.2) is 28.3 Å². The van der Waals surface area contributed by atoms with Gasteiger partial charge in [0.05, 0.1) is 13.3 Å². The number of H-pyrrole nitrogens is 1. The minimum atomic E-state index is -0.527. The van der Waals surface area contributed by atoms with Crippen molar-refractivity contribution >= 4 is 11.8 Å². The third-order valence-electron chi connectivity index (χ3n) is 4.41. The van der Waals surface area contributed by atoms with Crippen LogP contribution in [0.4, 0.5) is 5.82 Å². The third kappa shape index (κ3) is 2.71. The lowest BCUT2D eigenvalue weighted by atomic mass is 9.88. The van der Waals surface area contributed by atoms with Gasteiger partial charge in [0.25, 0.3) is 0 Å². The molecule has 0 radical (unpaired) electrons. The van der Waals surface area contributed by atoms with E-state index in [0.717, 1.165) is 49.8 Å². The zero-order chi connectivity index (χ0) is 17.1. The summed E-state index contributed by atoms with van der Waals surface area (Å²) in [5, 5.41) is 16.2. The highest BCUT2D eigenvalue weighted by atomic mass is 16.5. The number of aromatic nitrogens is 3. The van der Waals surface area contributed by atoms with Crippen molar-refractivity contribution in [2.24, 2.45) is 0 Å². The van der Waals surface area contributed by atoms with E-state index in [1.54, 1.807) is 6.20 Å². The van der Waals surface area contributed by atoms with Crippen molar-refractivity contribution in [2.45, 2.75) is 38.5 Å². The summed E-state index contributed by atoms with van der Waals surface area (Å²) in [6.07, 6.45) is 7.53. The maximum atomic E-state index is 12.0. The lowest BCUT2D eigenvalue weighted by molar-refractivity contribution is 0.0595. The highest BCUT2D eigenvalue weighted by Crippen LogP contribution is 2.36. The highest BCUT2D eigenvalue weighted by molar-refractivity contribution is 5.97. The number of anilines is 1. The molecule has 0 saturated heterocycles. The van der Waals surface area contributed by atoms with E-state index in [4.69, 9.17) is 10.5 Å². The first-order chi connectivity index (χ1) is 11.7. The smallest absolute Gasteiger partial charge is 0.356 e. The van der Waals surface area contributed by atoms with Crippen LogP contribution in [0.1, 0.15) is 53.0 Å². The van der Waals surface area contributed by atoms with Gasteiger partial charge in [0.15, 0.2) is 5.69 Å². The van der Waals surface area contributed by atoms with Gasteiger partial charge in [0, 0.05) is 16.8 Å². The molecule has 0 bridgehead atoms. The Balaban J connectivity index is 2.28. The van der Waals surface area contributed by atoms with Gasteiger partial charge in [-0.1, -0.05) is 12.8 Å². The SMILES string of the molecule is COC(=O)c1[nH]ncc1-c1c(C#N)c(N)nc2c1CCCCCC2. The molecule has 7 heteroatoms. The number of esters is 1. The van der Waals surface area contributed by atoms with Crippen molar-refractivity contribution in [3.8, 4) is 17.2 Å². The van der Waals surface area contributed by atoms with E-state index in [1.165, 1.54) is 7.11 Å². The average molecular weight is 325 g/mol. The molecule has 0 amide bonds. The number of carbonyl (C=O) groups excluding carboxylic acids is 1. The molecule has 1 aliphatic carbocycles. The van der Waals surface area contributed by atoms with Gasteiger partial charge in [0.2, 0.25) is 0 Å². The summed E-state index contributed by atoms with van der Waals surface area (Å²) in [7, 11) is 1.31. The summed E-state index contributed by atoms with van der Waals surface area (Å²) in [5.41, 5.74) is 9.66. The number of nitrogens with one attached hydrogen (secondary N) is 1. The van der Waals surface area contributed by atoms with Gasteiger partial charge in [-0.25, -0.2) is 9.78 Å². The molecule has 0 spiro atoms. The summed E-state index contributed by atoms with van der Waals surface area (Å²) < 4.78 is 4.81. The third-order valence-corrected chi connectivity index (χ3v) is 4.41. The molecule has 3 N–H and O–H groups in total. The van der Waals surface area contributed by atoms with Crippen LogP contribution in [0.15, 0.2) is 6.20 Å². The number of nitrogens with two attached hydrogens (primary N) is 1. The fourth-order valence-corrected chi connectivity index (χ4v) is 3.26. The predicted octanol–water partition coefficient (Wildman–Crippen LogP) is 2.37. The van der Waals surface area contributed by atoms with Crippen LogP contribution in [-0.2, 0) is 17.6 Å². The zero-order valence-corrected chi connectivity index (χ0v) is 13.6. The Labute approximate surface area is 139 Å². The van der Waals surface area contributed by atoms with E-state index in [0.29, 0.717) is 16.7 Å². The predicted molar refractivity (Wildman–Crippen MR) is 88.2 cm³/mol. The number of hydrogen-bond acceptors (Lipinski definition) is 6. The second-order valence-electron chi connectivity index (χ2n) is 5.85. The molecule has 0 atom stereocenters. The fraction of sp³-hybridized carbons (Fsp3) is 0.412. The summed E-state index contributed by atoms with van der Waals surface area (Å²) >= 11 is 0. The summed E-state index contributed by atoms with van der Waals surface area (Å²) in [4.78, 5) is 16.5. The molecule has 124 valence electrons. The van der Waals surface area contributed by atoms with Crippen LogP contribution in [0.25, 0.3) is 11.1 Å². The standard InChI is InChI=1S/C17H19N5O2/c1-24-17(23)15-12(9-20-22-15)14-10-6-4-2-3-5-7-13(10)21-16(19)11(14)8-18/h9H,2-7H2,1H3,(H2,19,21)(H,20,22). The second kappa shape index (κ2) is 6.71. The normalized spacial score (nSPS) is 14.2. The summed E-state index contributed by atoms with van der Waals surface area (Å²) in [5.74, 6) is -0.329. The quantitative estimate of drug-likeness (QED) is 0.818. The lowest BCUT2D eigenvalue weighted by Crippen LogP contribution is -2.11. The Morgan fingerprint density at radius 3 is 2.79 bits per heavy atom. The molecular formula is C17H19N5O2. The van der Waals surface area contributed by atoms with Gasteiger partial charge in [-0.2, -0.15) is 10.4 Å². The van der Waals surface area contributed by atoms with Crippen molar-refractivity contribution in [1.82, 2.24) is 15.2 Å². The minimum Gasteiger partial charge on any atom is -0.464 e. The van der Waals surface area contributed by atoms with E-state index in [2.05, 4.69) is 21.3 Å². The Bertz CT molecular complexity index is 819. The van der Waals surface area contributed by atoms with Crippen LogP contribution < -0.4 is 5.73 Å². The van der Waals surface area contributed by atoms with Crippen molar-refractivity contribution in [1.29, 1.82) is 5.26 Å². The number of ether oxygens (including phenoxy) is 1. The first-order valence-corrected chi connectivity index (χ1v) is 8.00. The Kier molecular flexibility index (Phi) is 4.47. The highest BCUT2D eigenvalue weighted by Gasteiger charge is 2.25. The van der Waals surface area contributed by atoms with Gasteiger partial charge in [-0.3, -0.25) is 5.10 Å². The van der Waals surface area contributed by atoms with E-state index >= 15 is 0 Å². The number of nitriles is 1. The number of rotatable bonds is 2. The number of aromatic amines is 1. The van der Waals surface area contributed by atoms with Crippen LogP contribution in [0, 0.1) is 11.3 Å². The second-order valence-corrected chi connectivity index (χ2v) is 5.85. The van der Waals surface area contributed by atoms with Crippen LogP contribution in [0.5, 0.6) is 0 Å². The van der Waals surface area contributed by atoms with Gasteiger partial charge >= 0.3 is 5.97 Å². The number of nitrogen functional groups attached to an aromatic ring is 1. The molecule has 7 nitrogen and oxygen atoms in total. The molecule has 0 aromatic carbocycles. The van der Waals surface area contributed by atoms with Crippen LogP contribution >= 0.6 is 0 Å². The van der Waals surface area contributed by atoms with E-state index in [1.807, 2.05) is 0 Å². The first-order valence-electron chi connectivity index (χ1n) is 8.00. The molecule has 0 unspecified atom stereocenters. The van der Waals surface area contributed by atoms with Crippen LogP contribution in [0.3, 0.4) is 0 Å². The molecule has 3 rings (SSSR count). The summed E-state index contributed by atoms with van der Waals surface area (Å²) in [6.45, 7) is 0. The van der Waals surface area contributed by atoms with Crippen molar-refractivity contribution in [3.05, 3.63) is 28.7 Å².